The van der Waals surface area contributed by atoms with E-state index < -0.39 is 29.9 Å². The lowest BCUT2D eigenvalue weighted by molar-refractivity contribution is -0.141. The van der Waals surface area contributed by atoms with Crippen molar-refractivity contribution in [3.05, 3.63) is 28.8 Å². The lowest BCUT2D eigenvalue weighted by Crippen LogP contribution is -2.56. The fourth-order valence-corrected chi connectivity index (χ4v) is 3.87. The first kappa shape index (κ1) is 25.6. The van der Waals surface area contributed by atoms with Gasteiger partial charge in [0.25, 0.3) is 5.91 Å². The molecule has 3 amide bonds. The molecule has 0 spiro atoms. The van der Waals surface area contributed by atoms with Crippen LogP contribution in [0, 0.1) is 5.92 Å². The van der Waals surface area contributed by atoms with Crippen LogP contribution in [0.15, 0.2) is 18.2 Å². The van der Waals surface area contributed by atoms with E-state index >= 15 is 0 Å². The van der Waals surface area contributed by atoms with Crippen molar-refractivity contribution in [1.29, 1.82) is 0 Å². The third kappa shape index (κ3) is 6.20. The highest BCUT2D eigenvalue weighted by molar-refractivity contribution is 6.34. The number of hydrogen-bond donors (Lipinski definition) is 3. The van der Waals surface area contributed by atoms with Gasteiger partial charge in [0.05, 0.1) is 23.7 Å². The largest absolute Gasteiger partial charge is 0.497 e. The number of amides is 3. The maximum atomic E-state index is 13.3. The van der Waals surface area contributed by atoms with Gasteiger partial charge in [-0.15, -0.1) is 0 Å². The monoisotopic (exact) mass is 467 g/mol. The Morgan fingerprint density at radius 3 is 2.59 bits per heavy atom. The summed E-state index contributed by atoms with van der Waals surface area (Å²) in [5, 5.41) is 14.5. The highest BCUT2D eigenvalue weighted by atomic mass is 35.5. The van der Waals surface area contributed by atoms with E-state index in [1.807, 2.05) is 0 Å². The molecule has 0 unspecified atom stereocenters. The molecule has 3 atom stereocenters. The average Bonchev–Trinajstić information content (AvgIpc) is 3.26. The van der Waals surface area contributed by atoms with Gasteiger partial charge in [-0.1, -0.05) is 25.4 Å². The molecule has 32 heavy (non-hydrogen) atoms. The number of ether oxygens (including phenoxy) is 1. The summed E-state index contributed by atoms with van der Waals surface area (Å²) in [5.74, 6) is -1.07. The molecule has 1 aromatic carbocycles. The molecule has 2 rings (SSSR count). The Bertz CT molecular complexity index is 847. The van der Waals surface area contributed by atoms with Crippen LogP contribution in [0.1, 0.15) is 43.5 Å². The van der Waals surface area contributed by atoms with E-state index in [0.29, 0.717) is 31.4 Å². The number of aldehydes is 1. The van der Waals surface area contributed by atoms with Crippen molar-refractivity contribution in [2.75, 3.05) is 20.3 Å². The van der Waals surface area contributed by atoms with Crippen LogP contribution < -0.4 is 15.4 Å². The number of nitrogens with zero attached hydrogens (tertiary/aromatic N) is 1. The number of aliphatic hydroxyl groups is 1. The van der Waals surface area contributed by atoms with E-state index in [9.17, 15) is 19.2 Å². The van der Waals surface area contributed by atoms with Gasteiger partial charge in [-0.25, -0.2) is 0 Å². The number of carbonyl (C=O) groups is 4. The second kappa shape index (κ2) is 11.8. The summed E-state index contributed by atoms with van der Waals surface area (Å²) in [7, 11) is 1.49. The lowest BCUT2D eigenvalue weighted by Gasteiger charge is -2.31. The van der Waals surface area contributed by atoms with Gasteiger partial charge in [-0.05, 0) is 43.4 Å². The first-order chi connectivity index (χ1) is 15.2. The molecular weight excluding hydrogens is 438 g/mol. The molecule has 10 heteroatoms. The molecule has 1 aliphatic heterocycles. The molecule has 3 N–H and O–H groups in total. The average molecular weight is 468 g/mol. The molecule has 1 fully saturated rings. The number of halogens is 1. The molecule has 1 saturated heterocycles. The van der Waals surface area contributed by atoms with E-state index in [2.05, 4.69) is 10.6 Å². The van der Waals surface area contributed by atoms with E-state index in [1.165, 1.54) is 24.1 Å². The Hall–Kier alpha value is -2.65. The predicted octanol–water partition coefficient (Wildman–Crippen LogP) is 1.16. The molecular formula is C22H30ClN3O6. The van der Waals surface area contributed by atoms with Crippen LogP contribution in [-0.4, -0.2) is 72.4 Å². The molecule has 0 radical (unpaired) electrons. The van der Waals surface area contributed by atoms with Crippen LogP contribution in [0.4, 0.5) is 0 Å². The Balaban J connectivity index is 2.15. The topological polar surface area (TPSA) is 125 Å². The number of aliphatic hydroxyl groups excluding tert-OH is 1. The maximum absolute atomic E-state index is 13.3. The molecule has 1 aliphatic rings. The van der Waals surface area contributed by atoms with Gasteiger partial charge in [0.2, 0.25) is 11.8 Å². The van der Waals surface area contributed by atoms with Crippen LogP contribution in [-0.2, 0) is 14.4 Å². The van der Waals surface area contributed by atoms with Crippen LogP contribution >= 0.6 is 11.6 Å². The first-order valence-electron chi connectivity index (χ1n) is 10.5. The molecule has 0 aromatic heterocycles. The summed E-state index contributed by atoms with van der Waals surface area (Å²) in [4.78, 5) is 51.4. The Morgan fingerprint density at radius 1 is 1.31 bits per heavy atom. The van der Waals surface area contributed by atoms with Crippen molar-refractivity contribution in [2.45, 2.75) is 51.2 Å². The number of hydrogen-bond acceptors (Lipinski definition) is 6. The summed E-state index contributed by atoms with van der Waals surface area (Å²) >= 11 is 6.19. The number of likely N-dealkylation sites (tertiary alicyclic amines) is 1. The fraction of sp³-hybridized carbons (Fsp3) is 0.545. The third-order valence-electron chi connectivity index (χ3n) is 5.41. The van der Waals surface area contributed by atoms with Crippen LogP contribution in [0.3, 0.4) is 0 Å². The summed E-state index contributed by atoms with van der Waals surface area (Å²) < 4.78 is 5.09. The minimum atomic E-state index is -0.867. The molecule has 9 nitrogen and oxygen atoms in total. The Labute approximate surface area is 192 Å². The van der Waals surface area contributed by atoms with E-state index in [1.54, 1.807) is 19.9 Å². The van der Waals surface area contributed by atoms with Crippen LogP contribution in [0.5, 0.6) is 5.75 Å². The standard InChI is InChI=1S/C22H30ClN3O6/c1-13(2)19(25-20(29)16-7-6-15(32-3)11-17(16)23)22(31)26-9-4-5-18(26)21(30)24-14(12-28)8-10-27/h6-7,11-14,18-19,27H,4-5,8-10H2,1-3H3,(H,24,30)(H,25,29)/t14-,18-,19-/m0/s1. The van der Waals surface area contributed by atoms with Crippen molar-refractivity contribution in [3.63, 3.8) is 0 Å². The van der Waals surface area contributed by atoms with Crippen molar-refractivity contribution in [2.24, 2.45) is 5.92 Å². The molecule has 1 heterocycles. The van der Waals surface area contributed by atoms with Crippen LogP contribution in [0.25, 0.3) is 0 Å². The lowest BCUT2D eigenvalue weighted by atomic mass is 10.0. The van der Waals surface area contributed by atoms with Crippen molar-refractivity contribution < 1.29 is 29.0 Å². The maximum Gasteiger partial charge on any atom is 0.253 e. The number of methoxy groups -OCH3 is 1. The molecule has 1 aromatic rings. The number of carbonyl (C=O) groups excluding carboxylic acids is 4. The van der Waals surface area contributed by atoms with Gasteiger partial charge in [0.15, 0.2) is 0 Å². The Kier molecular flexibility index (Phi) is 9.46. The number of benzene rings is 1. The van der Waals surface area contributed by atoms with Gasteiger partial charge in [-0.2, -0.15) is 0 Å². The van der Waals surface area contributed by atoms with Crippen molar-refractivity contribution in [3.8, 4) is 5.75 Å². The zero-order chi connectivity index (χ0) is 23.8. The summed E-state index contributed by atoms with van der Waals surface area (Å²) in [6.45, 7) is 3.72. The zero-order valence-corrected chi connectivity index (χ0v) is 19.2. The molecule has 0 bridgehead atoms. The van der Waals surface area contributed by atoms with E-state index in [4.69, 9.17) is 21.4 Å². The summed E-state index contributed by atoms with van der Waals surface area (Å²) in [6.07, 6.45) is 1.73. The summed E-state index contributed by atoms with van der Waals surface area (Å²) in [5.41, 5.74) is 0.208. The van der Waals surface area contributed by atoms with Gasteiger partial charge < -0.3 is 30.2 Å². The highest BCUT2D eigenvalue weighted by Gasteiger charge is 2.39. The number of nitrogens with one attached hydrogen (secondary N) is 2. The second-order valence-electron chi connectivity index (χ2n) is 7.99. The highest BCUT2D eigenvalue weighted by Crippen LogP contribution is 2.24. The van der Waals surface area contributed by atoms with Gasteiger partial charge in [0.1, 0.15) is 24.1 Å². The van der Waals surface area contributed by atoms with Gasteiger partial charge in [0, 0.05) is 13.2 Å². The van der Waals surface area contributed by atoms with Crippen molar-refractivity contribution in [1.82, 2.24) is 15.5 Å². The first-order valence-corrected chi connectivity index (χ1v) is 10.9. The third-order valence-corrected chi connectivity index (χ3v) is 5.72. The van der Waals surface area contributed by atoms with Gasteiger partial charge >= 0.3 is 0 Å². The normalized spacial score (nSPS) is 17.6. The van der Waals surface area contributed by atoms with Crippen molar-refractivity contribution >= 4 is 35.6 Å². The quantitative estimate of drug-likeness (QED) is 0.443. The molecule has 176 valence electrons. The minimum absolute atomic E-state index is 0.100. The zero-order valence-electron chi connectivity index (χ0n) is 18.5. The number of rotatable bonds is 10. The van der Waals surface area contributed by atoms with E-state index in [0.717, 1.165) is 0 Å². The van der Waals surface area contributed by atoms with E-state index in [-0.39, 0.29) is 35.4 Å². The molecule has 0 saturated carbocycles. The predicted molar refractivity (Wildman–Crippen MR) is 119 cm³/mol. The molecule has 0 aliphatic carbocycles. The fourth-order valence-electron chi connectivity index (χ4n) is 3.61. The smallest absolute Gasteiger partial charge is 0.253 e. The minimum Gasteiger partial charge on any atom is -0.497 e. The second-order valence-corrected chi connectivity index (χ2v) is 8.40. The SMILES string of the molecule is COc1ccc(C(=O)N[C@H](C(=O)N2CCC[C@H]2C(=O)N[C@H](C=O)CCO)C(C)C)c(Cl)c1. The van der Waals surface area contributed by atoms with Gasteiger partial charge in [-0.3, -0.25) is 14.4 Å². The van der Waals surface area contributed by atoms with Crippen LogP contribution in [0.2, 0.25) is 5.02 Å². The Morgan fingerprint density at radius 2 is 2.03 bits per heavy atom. The summed E-state index contributed by atoms with van der Waals surface area (Å²) in [6, 6.07) is 2.21.